The Morgan fingerprint density at radius 1 is 0.706 bits per heavy atom. The lowest BCUT2D eigenvalue weighted by Crippen LogP contribution is -2.12. The molecule has 1 aliphatic carbocycles. The third kappa shape index (κ3) is 4.07. The van der Waals surface area contributed by atoms with Crippen LogP contribution in [0.15, 0.2) is 89.0 Å². The summed E-state index contributed by atoms with van der Waals surface area (Å²) in [6.45, 7) is 9.66. The number of aliphatic imine (C=N–C) groups is 2. The molecule has 0 fully saturated rings. The van der Waals surface area contributed by atoms with Gasteiger partial charge in [0.2, 0.25) is 0 Å². The number of hydrogen-bond acceptors (Lipinski definition) is 3. The molecule has 1 aromatic heterocycles. The molecule has 34 heavy (non-hydrogen) atoms. The quantitative estimate of drug-likeness (QED) is 0.300. The number of pyridine rings is 1. The minimum atomic E-state index is 0.391. The first-order valence-electron chi connectivity index (χ1n) is 12.2. The fraction of sp³-hybridized carbons (Fsp3) is 0.258. The molecule has 3 heteroatoms. The zero-order valence-corrected chi connectivity index (χ0v) is 20.4. The van der Waals surface area contributed by atoms with Gasteiger partial charge in [0.25, 0.3) is 0 Å². The first-order valence-corrected chi connectivity index (χ1v) is 12.2. The monoisotopic (exact) mass is 445 g/mol. The molecule has 0 amide bonds. The topological polar surface area (TPSA) is 37.6 Å². The average molecular weight is 446 g/mol. The molecule has 0 N–H and O–H groups in total. The Bertz CT molecular complexity index is 1360. The number of benzene rings is 3. The number of hydrogen-bond donors (Lipinski definition) is 0. The Kier molecular flexibility index (Phi) is 6.10. The van der Waals surface area contributed by atoms with E-state index in [2.05, 4.69) is 93.3 Å². The number of nitrogens with zero attached hydrogens (tertiary/aromatic N) is 3. The molecular weight excluding hydrogens is 414 g/mol. The molecule has 0 spiro atoms. The van der Waals surface area contributed by atoms with Gasteiger partial charge in [-0.3, -0.25) is 9.98 Å². The van der Waals surface area contributed by atoms with Gasteiger partial charge in [0.1, 0.15) is 0 Å². The van der Waals surface area contributed by atoms with Gasteiger partial charge in [0.05, 0.1) is 17.1 Å². The summed E-state index contributed by atoms with van der Waals surface area (Å²) in [5, 5.41) is 2.49. The molecule has 0 radical (unpaired) electrons. The van der Waals surface area contributed by atoms with Crippen LogP contribution in [0.25, 0.3) is 10.8 Å². The Hall–Kier alpha value is -3.59. The van der Waals surface area contributed by atoms with Gasteiger partial charge >= 0.3 is 0 Å². The maximum absolute atomic E-state index is 5.42. The standard InChI is InChI=1S/C31H31N3/c1-20(2)24-13-9-14-25(21(3)4)29(24)34-31-27-16-8-11-22-10-7-15-26(28(22)27)30(31)33-19-17-23-12-5-6-18-32-23/h5-16,18,20-21H,17,19H2,1-4H3. The Morgan fingerprint density at radius 2 is 1.35 bits per heavy atom. The van der Waals surface area contributed by atoms with Crippen LogP contribution in [-0.2, 0) is 6.42 Å². The lowest BCUT2D eigenvalue weighted by molar-refractivity contribution is 0.835. The summed E-state index contributed by atoms with van der Waals surface area (Å²) < 4.78 is 0. The van der Waals surface area contributed by atoms with Crippen molar-refractivity contribution in [2.75, 3.05) is 6.54 Å². The molecule has 170 valence electrons. The van der Waals surface area contributed by atoms with Crippen molar-refractivity contribution in [3.05, 3.63) is 107 Å². The Labute approximate surface area is 202 Å². The molecule has 3 aromatic carbocycles. The number of rotatable bonds is 6. The second-order valence-electron chi connectivity index (χ2n) is 9.57. The second-order valence-corrected chi connectivity index (χ2v) is 9.57. The van der Waals surface area contributed by atoms with Crippen molar-refractivity contribution in [3.8, 4) is 0 Å². The van der Waals surface area contributed by atoms with E-state index >= 15 is 0 Å². The normalized spacial score (nSPS) is 15.4. The molecule has 5 rings (SSSR count). The summed E-state index contributed by atoms with van der Waals surface area (Å²) in [4.78, 5) is 15.0. The van der Waals surface area contributed by atoms with Crippen LogP contribution in [0.4, 0.5) is 5.69 Å². The van der Waals surface area contributed by atoms with Crippen LogP contribution in [0.2, 0.25) is 0 Å². The lowest BCUT2D eigenvalue weighted by atomic mass is 9.92. The molecule has 0 aliphatic heterocycles. The van der Waals surface area contributed by atoms with E-state index in [1.54, 1.807) is 0 Å². The average Bonchev–Trinajstić information content (AvgIpc) is 3.14. The maximum atomic E-state index is 5.42. The van der Waals surface area contributed by atoms with Crippen molar-refractivity contribution >= 4 is 27.9 Å². The van der Waals surface area contributed by atoms with E-state index in [1.807, 2.05) is 18.3 Å². The van der Waals surface area contributed by atoms with Crippen molar-refractivity contribution in [2.24, 2.45) is 9.98 Å². The third-order valence-corrected chi connectivity index (χ3v) is 6.57. The molecule has 0 saturated heterocycles. The van der Waals surface area contributed by atoms with Gasteiger partial charge < -0.3 is 0 Å². The third-order valence-electron chi connectivity index (χ3n) is 6.57. The molecular formula is C31H31N3. The van der Waals surface area contributed by atoms with E-state index in [0.29, 0.717) is 18.4 Å². The first kappa shape index (κ1) is 22.2. The van der Waals surface area contributed by atoms with E-state index in [-0.39, 0.29) is 0 Å². The number of aromatic nitrogens is 1. The minimum Gasteiger partial charge on any atom is -0.282 e. The fourth-order valence-electron chi connectivity index (χ4n) is 4.84. The summed E-state index contributed by atoms with van der Waals surface area (Å²) in [6, 6.07) is 25.6. The van der Waals surface area contributed by atoms with Crippen molar-refractivity contribution in [3.63, 3.8) is 0 Å². The van der Waals surface area contributed by atoms with Crippen molar-refractivity contribution in [1.82, 2.24) is 4.98 Å². The predicted octanol–water partition coefficient (Wildman–Crippen LogP) is 7.65. The lowest BCUT2D eigenvalue weighted by Gasteiger charge is -2.17. The summed E-state index contributed by atoms with van der Waals surface area (Å²) in [5.41, 5.74) is 9.08. The Balaban J connectivity index is 1.68. The summed E-state index contributed by atoms with van der Waals surface area (Å²) >= 11 is 0. The largest absolute Gasteiger partial charge is 0.282 e. The van der Waals surface area contributed by atoms with E-state index in [9.17, 15) is 0 Å². The zero-order chi connectivity index (χ0) is 23.7. The van der Waals surface area contributed by atoms with Gasteiger partial charge in [0, 0.05) is 41.4 Å². The first-order chi connectivity index (χ1) is 16.5. The highest BCUT2D eigenvalue weighted by Crippen LogP contribution is 2.38. The van der Waals surface area contributed by atoms with Gasteiger partial charge in [-0.05, 0) is 40.5 Å². The smallest absolute Gasteiger partial charge is 0.0974 e. The van der Waals surface area contributed by atoms with E-state index in [4.69, 9.17) is 9.98 Å². The highest BCUT2D eigenvalue weighted by molar-refractivity contribution is 6.61. The van der Waals surface area contributed by atoms with Gasteiger partial charge in [-0.1, -0.05) is 88.4 Å². The van der Waals surface area contributed by atoms with Crippen LogP contribution in [0, 0.1) is 0 Å². The van der Waals surface area contributed by atoms with E-state index in [1.165, 1.54) is 33.0 Å². The Morgan fingerprint density at radius 3 is 1.97 bits per heavy atom. The summed E-state index contributed by atoms with van der Waals surface area (Å²) in [7, 11) is 0. The molecule has 0 bridgehead atoms. The van der Waals surface area contributed by atoms with E-state index < -0.39 is 0 Å². The van der Waals surface area contributed by atoms with Gasteiger partial charge in [-0.2, -0.15) is 0 Å². The predicted molar refractivity (Wildman–Crippen MR) is 144 cm³/mol. The second kappa shape index (κ2) is 9.34. The minimum absolute atomic E-state index is 0.391. The molecule has 3 nitrogen and oxygen atoms in total. The van der Waals surface area contributed by atoms with Crippen molar-refractivity contribution < 1.29 is 0 Å². The molecule has 1 aliphatic rings. The molecule has 4 aromatic rings. The summed E-state index contributed by atoms with van der Waals surface area (Å²) in [5.74, 6) is 0.782. The molecule has 0 unspecified atom stereocenters. The molecule has 0 atom stereocenters. The van der Waals surface area contributed by atoms with Crippen LogP contribution in [0.3, 0.4) is 0 Å². The molecule has 1 heterocycles. The van der Waals surface area contributed by atoms with Gasteiger partial charge in [-0.15, -0.1) is 0 Å². The van der Waals surface area contributed by atoms with Crippen molar-refractivity contribution in [2.45, 2.75) is 46.0 Å². The highest BCUT2D eigenvalue weighted by atomic mass is 14.8. The fourth-order valence-corrected chi connectivity index (χ4v) is 4.84. The SMILES string of the molecule is CC(C)c1cccc(C(C)C)c1N=C1C(=NCCc2ccccn2)c2cccc3cccc1c23. The number of para-hydroxylation sites is 1. The van der Waals surface area contributed by atoms with Gasteiger partial charge in [0.15, 0.2) is 0 Å². The zero-order valence-electron chi connectivity index (χ0n) is 20.4. The van der Waals surface area contributed by atoms with Crippen LogP contribution < -0.4 is 0 Å². The van der Waals surface area contributed by atoms with E-state index in [0.717, 1.165) is 29.2 Å². The van der Waals surface area contributed by atoms with Crippen LogP contribution in [0.5, 0.6) is 0 Å². The van der Waals surface area contributed by atoms with Gasteiger partial charge in [-0.25, -0.2) is 4.99 Å². The van der Waals surface area contributed by atoms with Crippen LogP contribution in [-0.4, -0.2) is 23.0 Å². The van der Waals surface area contributed by atoms with Crippen LogP contribution >= 0.6 is 0 Å². The molecule has 0 saturated carbocycles. The maximum Gasteiger partial charge on any atom is 0.0974 e. The van der Waals surface area contributed by atoms with Crippen LogP contribution in [0.1, 0.15) is 67.5 Å². The highest BCUT2D eigenvalue weighted by Gasteiger charge is 2.27. The summed E-state index contributed by atoms with van der Waals surface area (Å²) in [6.07, 6.45) is 2.65. The van der Waals surface area contributed by atoms with Crippen molar-refractivity contribution in [1.29, 1.82) is 0 Å².